The van der Waals surface area contributed by atoms with E-state index < -0.39 is 24.5 Å². The average Bonchev–Trinajstić information content (AvgIpc) is 2.43. The minimum absolute atomic E-state index is 0. The summed E-state index contributed by atoms with van der Waals surface area (Å²) in [4.78, 5) is 1.99. The molecule has 1 aromatic carbocycles. The van der Waals surface area contributed by atoms with Crippen LogP contribution in [0.25, 0.3) is 0 Å². The zero-order valence-electron chi connectivity index (χ0n) is 11.8. The molecule has 1 fully saturated rings. The van der Waals surface area contributed by atoms with Crippen molar-refractivity contribution < 1.29 is 17.6 Å². The zero-order chi connectivity index (χ0) is 15.5. The maximum absolute atomic E-state index is 13.5. The van der Waals surface area contributed by atoms with E-state index in [0.29, 0.717) is 23.1 Å². The summed E-state index contributed by atoms with van der Waals surface area (Å²) in [5.41, 5.74) is 0.584. The second-order valence-electron chi connectivity index (χ2n) is 5.12. The number of alkyl halides is 3. The molecular formula is C14H18BrClF4N2. The largest absolute Gasteiger partial charge is 0.389 e. The van der Waals surface area contributed by atoms with E-state index in [4.69, 9.17) is 0 Å². The molecule has 2 nitrogen and oxygen atoms in total. The Labute approximate surface area is 141 Å². The topological polar surface area (TPSA) is 15.3 Å². The van der Waals surface area contributed by atoms with Gasteiger partial charge in [0, 0.05) is 43.1 Å². The number of rotatable bonds is 4. The first-order valence-corrected chi connectivity index (χ1v) is 7.62. The SMILES string of the molecule is Cl.Fc1ccc(Br)c([C@@H](CCC(F)(F)F)N2CCNCC2)c1. The lowest BCUT2D eigenvalue weighted by atomic mass is 9.99. The summed E-state index contributed by atoms with van der Waals surface area (Å²) in [5.74, 6) is -0.430. The molecular weight excluding hydrogens is 388 g/mol. The predicted molar refractivity (Wildman–Crippen MR) is 83.8 cm³/mol. The summed E-state index contributed by atoms with van der Waals surface area (Å²) in [6.45, 7) is 2.78. The van der Waals surface area contributed by atoms with E-state index in [9.17, 15) is 17.6 Å². The van der Waals surface area contributed by atoms with Gasteiger partial charge in [0.25, 0.3) is 0 Å². The molecule has 8 heteroatoms. The Morgan fingerprint density at radius 2 is 1.86 bits per heavy atom. The van der Waals surface area contributed by atoms with Crippen LogP contribution in [-0.4, -0.2) is 37.3 Å². The van der Waals surface area contributed by atoms with Crippen LogP contribution in [0.2, 0.25) is 0 Å². The van der Waals surface area contributed by atoms with Crippen molar-refractivity contribution in [1.29, 1.82) is 0 Å². The van der Waals surface area contributed by atoms with E-state index in [-0.39, 0.29) is 18.8 Å². The van der Waals surface area contributed by atoms with Crippen molar-refractivity contribution in [2.75, 3.05) is 26.2 Å². The van der Waals surface area contributed by atoms with Crippen LogP contribution in [0.15, 0.2) is 22.7 Å². The van der Waals surface area contributed by atoms with Gasteiger partial charge in [-0.25, -0.2) is 4.39 Å². The Kier molecular flexibility index (Phi) is 7.58. The third-order valence-corrected chi connectivity index (χ3v) is 4.33. The van der Waals surface area contributed by atoms with Gasteiger partial charge in [0.2, 0.25) is 0 Å². The zero-order valence-corrected chi connectivity index (χ0v) is 14.2. The fraction of sp³-hybridized carbons (Fsp3) is 0.571. The van der Waals surface area contributed by atoms with Crippen molar-refractivity contribution in [3.63, 3.8) is 0 Å². The molecule has 1 atom stereocenters. The van der Waals surface area contributed by atoms with E-state index in [1.165, 1.54) is 12.1 Å². The van der Waals surface area contributed by atoms with Crippen molar-refractivity contribution in [2.24, 2.45) is 0 Å². The van der Waals surface area contributed by atoms with Gasteiger partial charge in [-0.1, -0.05) is 15.9 Å². The standard InChI is InChI=1S/C14H17BrF4N2.ClH/c15-12-2-1-10(16)9-11(12)13(3-4-14(17,18)19)21-7-5-20-6-8-21;/h1-2,9,13,20H,3-8H2;1H/t13-;/m1./s1. The number of hydrogen-bond acceptors (Lipinski definition) is 2. The highest BCUT2D eigenvalue weighted by atomic mass is 79.9. The lowest BCUT2D eigenvalue weighted by molar-refractivity contribution is -0.138. The van der Waals surface area contributed by atoms with Gasteiger partial charge in [-0.2, -0.15) is 13.2 Å². The molecule has 0 radical (unpaired) electrons. The maximum atomic E-state index is 13.5. The highest BCUT2D eigenvalue weighted by Crippen LogP contribution is 2.35. The van der Waals surface area contributed by atoms with Crippen LogP contribution in [0.5, 0.6) is 0 Å². The van der Waals surface area contributed by atoms with Crippen LogP contribution in [0.1, 0.15) is 24.4 Å². The van der Waals surface area contributed by atoms with Crippen LogP contribution in [0, 0.1) is 5.82 Å². The van der Waals surface area contributed by atoms with Gasteiger partial charge in [-0.3, -0.25) is 4.90 Å². The summed E-state index contributed by atoms with van der Waals surface area (Å²) in [6, 6.07) is 3.74. The first-order chi connectivity index (χ1) is 9.87. The van der Waals surface area contributed by atoms with E-state index in [1.807, 2.05) is 4.90 Å². The van der Waals surface area contributed by atoms with Crippen LogP contribution < -0.4 is 5.32 Å². The van der Waals surface area contributed by atoms with Crippen LogP contribution >= 0.6 is 28.3 Å². The first-order valence-electron chi connectivity index (χ1n) is 6.83. The molecule has 2 rings (SSSR count). The highest BCUT2D eigenvalue weighted by molar-refractivity contribution is 9.10. The van der Waals surface area contributed by atoms with Crippen molar-refractivity contribution in [3.8, 4) is 0 Å². The maximum Gasteiger partial charge on any atom is 0.389 e. The quantitative estimate of drug-likeness (QED) is 0.752. The lowest BCUT2D eigenvalue weighted by Gasteiger charge is -2.36. The van der Waals surface area contributed by atoms with Crippen molar-refractivity contribution in [2.45, 2.75) is 25.1 Å². The molecule has 1 saturated heterocycles. The normalized spacial score (nSPS) is 17.9. The molecule has 1 N–H and O–H groups in total. The fourth-order valence-corrected chi connectivity index (χ4v) is 3.11. The minimum Gasteiger partial charge on any atom is -0.314 e. The number of nitrogens with zero attached hydrogens (tertiary/aromatic N) is 1. The molecule has 1 aliphatic heterocycles. The van der Waals surface area contributed by atoms with Gasteiger partial charge >= 0.3 is 6.18 Å². The van der Waals surface area contributed by atoms with Crippen LogP contribution in [0.4, 0.5) is 17.6 Å². The fourth-order valence-electron chi connectivity index (χ4n) is 2.60. The predicted octanol–water partition coefficient (Wildman–Crippen LogP) is 4.30. The van der Waals surface area contributed by atoms with Gasteiger partial charge in [0.1, 0.15) is 5.82 Å². The first kappa shape index (κ1) is 19.7. The molecule has 0 amide bonds. The minimum atomic E-state index is -4.20. The molecule has 22 heavy (non-hydrogen) atoms. The third kappa shape index (κ3) is 5.68. The Morgan fingerprint density at radius 1 is 1.23 bits per heavy atom. The molecule has 0 bridgehead atoms. The van der Waals surface area contributed by atoms with E-state index in [0.717, 1.165) is 13.1 Å². The summed E-state index contributed by atoms with van der Waals surface area (Å²) in [5, 5.41) is 3.17. The molecule has 0 unspecified atom stereocenters. The summed E-state index contributed by atoms with van der Waals surface area (Å²) < 4.78 is 51.8. The van der Waals surface area contributed by atoms with Crippen LogP contribution in [-0.2, 0) is 0 Å². The van der Waals surface area contributed by atoms with Crippen LogP contribution in [0.3, 0.4) is 0 Å². The molecule has 1 aromatic rings. The highest BCUT2D eigenvalue weighted by Gasteiger charge is 2.32. The van der Waals surface area contributed by atoms with E-state index in [2.05, 4.69) is 21.2 Å². The number of piperazine rings is 1. The van der Waals surface area contributed by atoms with Gasteiger partial charge < -0.3 is 5.32 Å². The Morgan fingerprint density at radius 3 is 2.45 bits per heavy atom. The molecule has 1 aliphatic rings. The van der Waals surface area contributed by atoms with Crippen molar-refractivity contribution >= 4 is 28.3 Å². The van der Waals surface area contributed by atoms with Crippen molar-refractivity contribution in [1.82, 2.24) is 10.2 Å². The van der Waals surface area contributed by atoms with Crippen molar-refractivity contribution in [3.05, 3.63) is 34.1 Å². The van der Waals surface area contributed by atoms with Gasteiger partial charge in [0.05, 0.1) is 0 Å². The molecule has 0 aliphatic carbocycles. The van der Waals surface area contributed by atoms with Gasteiger partial charge in [-0.15, -0.1) is 12.4 Å². The molecule has 0 saturated carbocycles. The van der Waals surface area contributed by atoms with Gasteiger partial charge in [-0.05, 0) is 30.2 Å². The monoisotopic (exact) mass is 404 g/mol. The number of nitrogens with one attached hydrogen (secondary N) is 1. The van der Waals surface area contributed by atoms with Gasteiger partial charge in [0.15, 0.2) is 0 Å². The van der Waals surface area contributed by atoms with E-state index >= 15 is 0 Å². The smallest absolute Gasteiger partial charge is 0.314 e. The average molecular weight is 406 g/mol. The number of halogens is 6. The molecule has 126 valence electrons. The molecule has 0 spiro atoms. The Hall–Kier alpha value is -0.370. The Balaban J connectivity index is 0.00000242. The lowest BCUT2D eigenvalue weighted by Crippen LogP contribution is -2.45. The molecule has 1 heterocycles. The summed E-state index contributed by atoms with van der Waals surface area (Å²) in [7, 11) is 0. The Bertz CT molecular complexity index is 478. The summed E-state index contributed by atoms with van der Waals surface area (Å²) >= 11 is 3.33. The second-order valence-corrected chi connectivity index (χ2v) is 5.98. The second kappa shape index (κ2) is 8.47. The van der Waals surface area contributed by atoms with E-state index in [1.54, 1.807) is 6.07 Å². The number of benzene rings is 1. The number of hydrogen-bond donors (Lipinski definition) is 1. The third-order valence-electron chi connectivity index (χ3n) is 3.61. The summed E-state index contributed by atoms with van der Waals surface area (Å²) in [6.07, 6.45) is -5.14. The molecule has 0 aromatic heterocycles.